The molecule has 2 aliphatic carbocycles. The Morgan fingerprint density at radius 1 is 1.43 bits per heavy atom. The summed E-state index contributed by atoms with van der Waals surface area (Å²) in [6.07, 6.45) is 5.53. The topological polar surface area (TPSA) is 27.1 Å². The zero-order chi connectivity index (χ0) is 14.6. The quantitative estimate of drug-likeness (QED) is 0.759. The Morgan fingerprint density at radius 2 is 2.19 bits per heavy atom. The lowest BCUT2D eigenvalue weighted by atomic mass is 10.0. The molecule has 4 rings (SSSR count). The third-order valence-corrected chi connectivity index (χ3v) is 5.35. The van der Waals surface area contributed by atoms with Crippen molar-refractivity contribution in [1.82, 2.24) is 9.55 Å². The van der Waals surface area contributed by atoms with E-state index in [0.29, 0.717) is 5.41 Å². The molecular weight excluding hydrogens is 284 g/mol. The van der Waals surface area contributed by atoms with E-state index in [4.69, 9.17) is 21.3 Å². The molecule has 2 fully saturated rings. The second-order valence-corrected chi connectivity index (χ2v) is 7.29. The molecule has 1 unspecified atom stereocenters. The maximum Gasteiger partial charge on any atom is 0.146 e. The number of benzene rings is 1. The average molecular weight is 305 g/mol. The first-order valence-corrected chi connectivity index (χ1v) is 8.25. The number of hydrogen-bond acceptors (Lipinski definition) is 2. The van der Waals surface area contributed by atoms with Crippen LogP contribution in [0.25, 0.3) is 11.0 Å². The fourth-order valence-corrected chi connectivity index (χ4v) is 3.81. The molecule has 2 saturated carbocycles. The molecule has 112 valence electrons. The number of ether oxygens (including phenoxy) is 1. The number of imidazole rings is 1. The number of hydrogen-bond donors (Lipinski definition) is 0. The van der Waals surface area contributed by atoms with E-state index >= 15 is 0 Å². The molecule has 3 nitrogen and oxygen atoms in total. The van der Waals surface area contributed by atoms with Crippen molar-refractivity contribution in [3.8, 4) is 5.75 Å². The standard InChI is InChI=1S/C17H21ClN2O/c1-11(18)16-19-15-13(4-3-5-14(15)21-2)20(16)10-17(8-9-17)12-6-7-12/h3-5,11-12H,6-10H2,1-2H3. The summed E-state index contributed by atoms with van der Waals surface area (Å²) in [6, 6.07) is 6.14. The van der Waals surface area contributed by atoms with Gasteiger partial charge in [0.05, 0.1) is 18.0 Å². The van der Waals surface area contributed by atoms with E-state index < -0.39 is 0 Å². The summed E-state index contributed by atoms with van der Waals surface area (Å²) in [5.74, 6) is 2.74. The number of methoxy groups -OCH3 is 1. The predicted octanol–water partition coefficient (Wildman–Crippen LogP) is 4.53. The summed E-state index contributed by atoms with van der Waals surface area (Å²) in [7, 11) is 1.70. The number of para-hydroxylation sites is 1. The van der Waals surface area contributed by atoms with Crippen molar-refractivity contribution in [1.29, 1.82) is 0 Å². The first-order valence-electron chi connectivity index (χ1n) is 7.82. The van der Waals surface area contributed by atoms with Crippen LogP contribution in [0, 0.1) is 11.3 Å². The van der Waals surface area contributed by atoms with Crippen LogP contribution >= 0.6 is 11.6 Å². The summed E-state index contributed by atoms with van der Waals surface area (Å²) in [6.45, 7) is 3.07. The lowest BCUT2D eigenvalue weighted by molar-refractivity contribution is 0.369. The molecule has 1 atom stereocenters. The molecule has 2 aliphatic rings. The van der Waals surface area contributed by atoms with E-state index in [9.17, 15) is 0 Å². The van der Waals surface area contributed by atoms with E-state index in [-0.39, 0.29) is 5.38 Å². The van der Waals surface area contributed by atoms with Gasteiger partial charge >= 0.3 is 0 Å². The Labute approximate surface area is 130 Å². The maximum atomic E-state index is 6.40. The second kappa shape index (κ2) is 4.64. The highest BCUT2D eigenvalue weighted by Crippen LogP contribution is 2.62. The van der Waals surface area contributed by atoms with E-state index in [1.54, 1.807) is 7.11 Å². The Balaban J connectivity index is 1.83. The van der Waals surface area contributed by atoms with Crippen molar-refractivity contribution in [3.05, 3.63) is 24.0 Å². The van der Waals surface area contributed by atoms with Gasteiger partial charge in [0.25, 0.3) is 0 Å². The van der Waals surface area contributed by atoms with E-state index in [2.05, 4.69) is 10.6 Å². The van der Waals surface area contributed by atoms with Crippen molar-refractivity contribution in [2.24, 2.45) is 11.3 Å². The molecule has 0 aliphatic heterocycles. The molecule has 21 heavy (non-hydrogen) atoms. The molecule has 1 heterocycles. The maximum absolute atomic E-state index is 6.40. The summed E-state index contributed by atoms with van der Waals surface area (Å²) < 4.78 is 7.81. The molecule has 0 spiro atoms. The van der Waals surface area contributed by atoms with Crippen LogP contribution in [-0.4, -0.2) is 16.7 Å². The van der Waals surface area contributed by atoms with Gasteiger partial charge in [0.15, 0.2) is 0 Å². The Kier molecular flexibility index (Phi) is 2.97. The zero-order valence-corrected chi connectivity index (χ0v) is 13.4. The van der Waals surface area contributed by atoms with Crippen molar-refractivity contribution in [2.45, 2.75) is 44.5 Å². The SMILES string of the molecule is COc1cccc2c1nc(C(C)Cl)n2CC1(C2CC2)CC1. The number of fused-ring (bicyclic) bond motifs is 1. The minimum absolute atomic E-state index is 0.0860. The highest BCUT2D eigenvalue weighted by molar-refractivity contribution is 6.20. The minimum atomic E-state index is -0.0860. The van der Waals surface area contributed by atoms with Gasteiger partial charge in [-0.15, -0.1) is 11.6 Å². The molecule has 0 bridgehead atoms. The van der Waals surface area contributed by atoms with E-state index in [0.717, 1.165) is 35.1 Å². The van der Waals surface area contributed by atoms with Gasteiger partial charge < -0.3 is 9.30 Å². The molecule has 0 N–H and O–H groups in total. The largest absolute Gasteiger partial charge is 0.494 e. The lowest BCUT2D eigenvalue weighted by Gasteiger charge is -2.18. The highest BCUT2D eigenvalue weighted by Gasteiger charge is 2.54. The number of rotatable bonds is 5. The van der Waals surface area contributed by atoms with Gasteiger partial charge in [-0.25, -0.2) is 4.98 Å². The fourth-order valence-electron chi connectivity index (χ4n) is 3.64. The fraction of sp³-hybridized carbons (Fsp3) is 0.588. The molecule has 1 aromatic heterocycles. The number of alkyl halides is 1. The van der Waals surface area contributed by atoms with Crippen molar-refractivity contribution in [3.63, 3.8) is 0 Å². The van der Waals surface area contributed by atoms with Crippen molar-refractivity contribution in [2.75, 3.05) is 7.11 Å². The van der Waals surface area contributed by atoms with Crippen LogP contribution in [0.3, 0.4) is 0 Å². The number of halogens is 1. The van der Waals surface area contributed by atoms with Crippen LogP contribution in [0.1, 0.15) is 43.8 Å². The van der Waals surface area contributed by atoms with Crippen LogP contribution in [-0.2, 0) is 6.54 Å². The number of nitrogens with zero attached hydrogens (tertiary/aromatic N) is 2. The van der Waals surface area contributed by atoms with Crippen LogP contribution < -0.4 is 4.74 Å². The predicted molar refractivity (Wildman–Crippen MR) is 84.9 cm³/mol. The van der Waals surface area contributed by atoms with Gasteiger partial charge in [0.2, 0.25) is 0 Å². The Morgan fingerprint density at radius 3 is 2.76 bits per heavy atom. The van der Waals surface area contributed by atoms with Crippen LogP contribution in [0.2, 0.25) is 0 Å². The third-order valence-electron chi connectivity index (χ3n) is 5.16. The molecule has 0 radical (unpaired) electrons. The van der Waals surface area contributed by atoms with E-state index in [1.165, 1.54) is 25.7 Å². The Bertz CT molecular complexity index is 683. The van der Waals surface area contributed by atoms with Gasteiger partial charge in [-0.05, 0) is 56.1 Å². The highest BCUT2D eigenvalue weighted by atomic mass is 35.5. The van der Waals surface area contributed by atoms with Gasteiger partial charge in [-0.2, -0.15) is 0 Å². The Hall–Kier alpha value is -1.22. The van der Waals surface area contributed by atoms with Crippen molar-refractivity contribution < 1.29 is 4.74 Å². The summed E-state index contributed by atoms with van der Waals surface area (Å²) >= 11 is 6.40. The van der Waals surface area contributed by atoms with Gasteiger partial charge in [0, 0.05) is 6.54 Å². The van der Waals surface area contributed by atoms with Crippen LogP contribution in [0.5, 0.6) is 5.75 Å². The normalized spacial score (nSPS) is 21.5. The summed E-state index contributed by atoms with van der Waals surface area (Å²) in [4.78, 5) is 4.78. The molecule has 1 aromatic carbocycles. The molecule has 4 heteroatoms. The number of aromatic nitrogens is 2. The zero-order valence-electron chi connectivity index (χ0n) is 12.6. The van der Waals surface area contributed by atoms with Crippen molar-refractivity contribution >= 4 is 22.6 Å². The molecule has 2 aromatic rings. The molecule has 0 saturated heterocycles. The van der Waals surface area contributed by atoms with E-state index in [1.807, 2.05) is 19.1 Å². The first kappa shape index (κ1) is 13.4. The lowest BCUT2D eigenvalue weighted by Crippen LogP contribution is -2.16. The summed E-state index contributed by atoms with van der Waals surface area (Å²) in [5.41, 5.74) is 2.62. The van der Waals surface area contributed by atoms with Gasteiger partial charge in [0.1, 0.15) is 17.1 Å². The minimum Gasteiger partial charge on any atom is -0.494 e. The van der Waals surface area contributed by atoms with Gasteiger partial charge in [-0.1, -0.05) is 6.07 Å². The molecular formula is C17H21ClN2O. The third kappa shape index (κ3) is 2.13. The average Bonchev–Trinajstić information content (AvgIpc) is 3.36. The van der Waals surface area contributed by atoms with Gasteiger partial charge in [-0.3, -0.25) is 0 Å². The smallest absolute Gasteiger partial charge is 0.146 e. The second-order valence-electron chi connectivity index (χ2n) is 6.64. The summed E-state index contributed by atoms with van der Waals surface area (Å²) in [5, 5.41) is -0.0860. The van der Waals surface area contributed by atoms with Crippen LogP contribution in [0.4, 0.5) is 0 Å². The monoisotopic (exact) mass is 304 g/mol. The van der Waals surface area contributed by atoms with Crippen LogP contribution in [0.15, 0.2) is 18.2 Å². The molecule has 0 amide bonds. The first-order chi connectivity index (χ1) is 10.1.